The molecule has 2 aliphatic rings. The van der Waals surface area contributed by atoms with Crippen molar-refractivity contribution in [1.82, 2.24) is 14.9 Å². The molecule has 2 heterocycles. The second-order valence-corrected chi connectivity index (χ2v) is 7.58. The fraction of sp³-hybridized carbons (Fsp3) is 0.667. The van der Waals surface area contributed by atoms with Crippen LogP contribution in [0.15, 0.2) is 17.7 Å². The summed E-state index contributed by atoms with van der Waals surface area (Å²) in [6, 6.07) is 2.29. The molecular formula is C21H33N5O2. The van der Waals surface area contributed by atoms with Crippen LogP contribution >= 0.6 is 0 Å². The number of likely N-dealkylation sites (tertiary alicyclic amines) is 1. The molecule has 0 saturated carbocycles. The lowest BCUT2D eigenvalue weighted by Crippen LogP contribution is -2.42. The Balaban J connectivity index is 1.48. The van der Waals surface area contributed by atoms with Crippen molar-refractivity contribution in [1.29, 1.82) is 0 Å². The first-order chi connectivity index (χ1) is 13.6. The monoisotopic (exact) mass is 387 g/mol. The van der Waals surface area contributed by atoms with Gasteiger partial charge in [-0.05, 0) is 58.8 Å². The number of anilines is 2. The van der Waals surface area contributed by atoms with E-state index in [4.69, 9.17) is 4.74 Å². The number of allylic oxidation sites excluding steroid dienone is 1. The number of aromatic nitrogens is 2. The predicted molar refractivity (Wildman–Crippen MR) is 112 cm³/mol. The van der Waals surface area contributed by atoms with E-state index in [0.29, 0.717) is 25.7 Å². The molecule has 0 radical (unpaired) electrons. The minimum Gasteiger partial charge on any atom is -0.450 e. The van der Waals surface area contributed by atoms with Crippen molar-refractivity contribution in [3.63, 3.8) is 0 Å². The first-order valence-corrected chi connectivity index (χ1v) is 10.6. The third-order valence-corrected chi connectivity index (χ3v) is 5.35. The molecule has 28 heavy (non-hydrogen) atoms. The van der Waals surface area contributed by atoms with Crippen molar-refractivity contribution in [3.05, 3.63) is 23.5 Å². The normalized spacial score (nSPS) is 17.8. The highest BCUT2D eigenvalue weighted by Gasteiger charge is 2.23. The number of amides is 1. The van der Waals surface area contributed by atoms with E-state index >= 15 is 0 Å². The molecule has 3 rings (SSSR count). The first kappa shape index (κ1) is 20.4. The quantitative estimate of drug-likeness (QED) is 0.685. The van der Waals surface area contributed by atoms with Crippen molar-refractivity contribution in [2.75, 3.05) is 36.9 Å². The van der Waals surface area contributed by atoms with Crippen LogP contribution in [0.4, 0.5) is 16.4 Å². The van der Waals surface area contributed by atoms with E-state index in [1.807, 2.05) is 19.9 Å². The van der Waals surface area contributed by atoms with Crippen LogP contribution in [0.3, 0.4) is 0 Å². The summed E-state index contributed by atoms with van der Waals surface area (Å²) in [5.41, 5.74) is 1.57. The van der Waals surface area contributed by atoms with Crippen molar-refractivity contribution in [2.45, 2.75) is 64.8 Å². The molecular weight excluding hydrogens is 354 g/mol. The summed E-state index contributed by atoms with van der Waals surface area (Å²) in [5, 5.41) is 6.96. The predicted octanol–water partition coefficient (Wildman–Crippen LogP) is 4.12. The van der Waals surface area contributed by atoms with Crippen LogP contribution in [-0.2, 0) is 4.74 Å². The number of aryl methyl sites for hydroxylation is 1. The van der Waals surface area contributed by atoms with Gasteiger partial charge in [0.25, 0.3) is 0 Å². The van der Waals surface area contributed by atoms with E-state index in [9.17, 15) is 4.79 Å². The summed E-state index contributed by atoms with van der Waals surface area (Å²) < 4.78 is 5.08. The van der Waals surface area contributed by atoms with E-state index in [-0.39, 0.29) is 6.09 Å². The molecule has 1 saturated heterocycles. The molecule has 7 nitrogen and oxygen atoms in total. The summed E-state index contributed by atoms with van der Waals surface area (Å²) in [6.45, 7) is 6.50. The number of hydrogen-bond donors (Lipinski definition) is 2. The Bertz CT molecular complexity index is 683. The first-order valence-electron chi connectivity index (χ1n) is 10.6. The van der Waals surface area contributed by atoms with Crippen molar-refractivity contribution in [2.24, 2.45) is 0 Å². The molecule has 0 unspecified atom stereocenters. The molecule has 0 atom stereocenters. The Morgan fingerprint density at radius 1 is 1.25 bits per heavy atom. The molecule has 0 bridgehead atoms. The van der Waals surface area contributed by atoms with Crippen LogP contribution in [0.25, 0.3) is 0 Å². The maximum absolute atomic E-state index is 11.8. The number of piperidine rings is 1. The summed E-state index contributed by atoms with van der Waals surface area (Å²) >= 11 is 0. The van der Waals surface area contributed by atoms with Gasteiger partial charge in [0.05, 0.1) is 6.61 Å². The Kier molecular flexibility index (Phi) is 7.51. The van der Waals surface area contributed by atoms with Gasteiger partial charge in [-0.1, -0.05) is 11.6 Å². The molecule has 7 heteroatoms. The molecule has 0 aromatic carbocycles. The molecule has 154 valence electrons. The molecule has 1 aliphatic carbocycles. The van der Waals surface area contributed by atoms with E-state index in [0.717, 1.165) is 43.3 Å². The molecule has 1 aromatic rings. The third kappa shape index (κ3) is 6.11. The lowest BCUT2D eigenvalue weighted by atomic mass is 9.97. The maximum atomic E-state index is 11.8. The lowest BCUT2D eigenvalue weighted by Gasteiger charge is -2.31. The van der Waals surface area contributed by atoms with Gasteiger partial charge in [0.15, 0.2) is 0 Å². The highest BCUT2D eigenvalue weighted by Crippen LogP contribution is 2.21. The SMILES string of the molecule is CCOC(=O)N1CCC(Nc2cc(NCCC3=CCCCC3)nc(C)n2)CC1. The lowest BCUT2D eigenvalue weighted by molar-refractivity contribution is 0.0983. The van der Waals surface area contributed by atoms with Crippen LogP contribution < -0.4 is 10.6 Å². The molecule has 1 fully saturated rings. The molecule has 0 spiro atoms. The molecule has 1 amide bonds. The Morgan fingerprint density at radius 3 is 2.75 bits per heavy atom. The molecule has 2 N–H and O–H groups in total. The number of carbonyl (C=O) groups is 1. The van der Waals surface area contributed by atoms with E-state index in [2.05, 4.69) is 26.7 Å². The molecule has 1 aromatic heterocycles. The van der Waals surface area contributed by atoms with Gasteiger partial charge < -0.3 is 20.3 Å². The summed E-state index contributed by atoms with van der Waals surface area (Å²) in [6.07, 6.45) is 10.2. The van der Waals surface area contributed by atoms with E-state index in [1.54, 1.807) is 10.5 Å². The van der Waals surface area contributed by atoms with Gasteiger partial charge in [0.1, 0.15) is 17.5 Å². The highest BCUT2D eigenvalue weighted by atomic mass is 16.6. The van der Waals surface area contributed by atoms with E-state index < -0.39 is 0 Å². The van der Waals surface area contributed by atoms with Crippen molar-refractivity contribution < 1.29 is 9.53 Å². The minimum absolute atomic E-state index is 0.210. The van der Waals surface area contributed by atoms with Gasteiger partial charge in [-0.2, -0.15) is 0 Å². The van der Waals surface area contributed by atoms with Crippen LogP contribution in [0.2, 0.25) is 0 Å². The van der Waals surface area contributed by atoms with Gasteiger partial charge in [-0.3, -0.25) is 0 Å². The van der Waals surface area contributed by atoms with Crippen molar-refractivity contribution in [3.8, 4) is 0 Å². The zero-order valence-corrected chi connectivity index (χ0v) is 17.2. The van der Waals surface area contributed by atoms with Crippen molar-refractivity contribution >= 4 is 17.7 Å². The standard InChI is InChI=1S/C21H33N5O2/c1-3-28-21(27)26-13-10-18(11-14-26)25-20-15-19(23-16(2)24-20)22-12-9-17-7-5-4-6-8-17/h7,15,18H,3-6,8-14H2,1-2H3,(H2,22,23,24,25). The smallest absolute Gasteiger partial charge is 0.409 e. The number of rotatable bonds is 7. The average Bonchev–Trinajstić information content (AvgIpc) is 2.69. The number of nitrogens with one attached hydrogen (secondary N) is 2. The van der Waals surface area contributed by atoms with Crippen LogP contribution in [0.1, 0.15) is 57.7 Å². The number of carbonyl (C=O) groups excluding carboxylic acids is 1. The van der Waals surface area contributed by atoms with E-state index in [1.165, 1.54) is 25.7 Å². The number of nitrogens with zero attached hydrogens (tertiary/aromatic N) is 3. The minimum atomic E-state index is -0.210. The summed E-state index contributed by atoms with van der Waals surface area (Å²) in [5.74, 6) is 2.48. The zero-order valence-electron chi connectivity index (χ0n) is 17.2. The summed E-state index contributed by atoms with van der Waals surface area (Å²) in [7, 11) is 0. The second-order valence-electron chi connectivity index (χ2n) is 7.58. The maximum Gasteiger partial charge on any atom is 0.409 e. The Labute approximate surface area is 168 Å². The van der Waals surface area contributed by atoms with Gasteiger partial charge >= 0.3 is 6.09 Å². The van der Waals surface area contributed by atoms with Gasteiger partial charge in [-0.25, -0.2) is 14.8 Å². The van der Waals surface area contributed by atoms with Gasteiger partial charge in [-0.15, -0.1) is 0 Å². The second kappa shape index (κ2) is 10.3. The van der Waals surface area contributed by atoms with Crippen LogP contribution in [-0.4, -0.2) is 53.2 Å². The third-order valence-electron chi connectivity index (χ3n) is 5.35. The molecule has 1 aliphatic heterocycles. The number of ether oxygens (including phenoxy) is 1. The van der Waals surface area contributed by atoms with Crippen LogP contribution in [0, 0.1) is 6.92 Å². The largest absolute Gasteiger partial charge is 0.450 e. The average molecular weight is 388 g/mol. The van der Waals surface area contributed by atoms with Crippen LogP contribution in [0.5, 0.6) is 0 Å². The number of hydrogen-bond acceptors (Lipinski definition) is 6. The summed E-state index contributed by atoms with van der Waals surface area (Å²) in [4.78, 5) is 22.6. The van der Waals surface area contributed by atoms with Gasteiger partial charge in [0, 0.05) is 31.7 Å². The highest BCUT2D eigenvalue weighted by molar-refractivity contribution is 5.67. The zero-order chi connectivity index (χ0) is 19.8. The fourth-order valence-electron chi connectivity index (χ4n) is 3.85. The topological polar surface area (TPSA) is 79.4 Å². The van der Waals surface area contributed by atoms with Gasteiger partial charge in [0.2, 0.25) is 0 Å². The Morgan fingerprint density at radius 2 is 2.04 bits per heavy atom. The fourth-order valence-corrected chi connectivity index (χ4v) is 3.85. The Hall–Kier alpha value is -2.31.